The van der Waals surface area contributed by atoms with E-state index in [0.717, 1.165) is 36.6 Å². The molecule has 1 rings (SSSR count). The smallest absolute Gasteiger partial charge is 0.160 e. The van der Waals surface area contributed by atoms with Crippen LogP contribution in [0.2, 0.25) is 0 Å². The Hall–Kier alpha value is -1.00. The van der Waals surface area contributed by atoms with Gasteiger partial charge in [0, 0.05) is 24.0 Å². The maximum atomic E-state index is 5.61. The summed E-state index contributed by atoms with van der Waals surface area (Å²) in [4.78, 5) is 9.40. The van der Waals surface area contributed by atoms with Gasteiger partial charge in [0.1, 0.15) is 5.60 Å². The standard InChI is InChI=1S/C17H31N3O/c1-9-17(7,21-8)15-19-12(2)14(13(3)20-15)10-11-18-16(4,5)6/h18H,9-11H2,1-8H3. The Morgan fingerprint density at radius 2 is 1.57 bits per heavy atom. The largest absolute Gasteiger partial charge is 0.371 e. The van der Waals surface area contributed by atoms with Crippen molar-refractivity contribution in [3.8, 4) is 0 Å². The lowest BCUT2D eigenvalue weighted by Crippen LogP contribution is -2.37. The van der Waals surface area contributed by atoms with Gasteiger partial charge in [-0.05, 0) is 66.5 Å². The first-order valence-electron chi connectivity index (χ1n) is 7.77. The highest BCUT2D eigenvalue weighted by Crippen LogP contribution is 2.26. The number of rotatable bonds is 6. The maximum Gasteiger partial charge on any atom is 0.160 e. The number of hydrogen-bond acceptors (Lipinski definition) is 4. The van der Waals surface area contributed by atoms with Gasteiger partial charge in [-0.2, -0.15) is 0 Å². The summed E-state index contributed by atoms with van der Waals surface area (Å²) < 4.78 is 5.61. The van der Waals surface area contributed by atoms with E-state index in [2.05, 4.69) is 46.9 Å². The number of nitrogens with one attached hydrogen (secondary N) is 1. The van der Waals surface area contributed by atoms with E-state index in [0.29, 0.717) is 0 Å². The van der Waals surface area contributed by atoms with Gasteiger partial charge in [0.15, 0.2) is 5.82 Å². The molecular formula is C17H31N3O. The van der Waals surface area contributed by atoms with Crippen LogP contribution in [0.25, 0.3) is 0 Å². The summed E-state index contributed by atoms with van der Waals surface area (Å²) in [6, 6.07) is 0. The Balaban J connectivity index is 2.95. The van der Waals surface area contributed by atoms with Gasteiger partial charge in [0.25, 0.3) is 0 Å². The molecule has 0 aliphatic heterocycles. The third-order valence-corrected chi connectivity index (χ3v) is 4.05. The minimum Gasteiger partial charge on any atom is -0.371 e. The molecule has 0 fully saturated rings. The number of aryl methyl sites for hydroxylation is 2. The summed E-state index contributed by atoms with van der Waals surface area (Å²) >= 11 is 0. The number of hydrogen-bond donors (Lipinski definition) is 1. The second-order valence-electron chi connectivity index (χ2n) is 6.91. The molecule has 0 bridgehead atoms. The van der Waals surface area contributed by atoms with Crippen LogP contribution in [-0.4, -0.2) is 29.2 Å². The van der Waals surface area contributed by atoms with Crippen LogP contribution in [0.3, 0.4) is 0 Å². The quantitative estimate of drug-likeness (QED) is 0.874. The molecule has 0 radical (unpaired) electrons. The molecule has 0 aliphatic carbocycles. The average molecular weight is 293 g/mol. The highest BCUT2D eigenvalue weighted by molar-refractivity contribution is 5.26. The molecule has 4 heteroatoms. The van der Waals surface area contributed by atoms with Crippen LogP contribution >= 0.6 is 0 Å². The van der Waals surface area contributed by atoms with Gasteiger partial charge in [-0.15, -0.1) is 0 Å². The Morgan fingerprint density at radius 3 is 1.95 bits per heavy atom. The summed E-state index contributed by atoms with van der Waals surface area (Å²) in [6.07, 6.45) is 1.80. The topological polar surface area (TPSA) is 47.0 Å². The van der Waals surface area contributed by atoms with Crippen molar-refractivity contribution in [3.63, 3.8) is 0 Å². The van der Waals surface area contributed by atoms with Crippen LogP contribution in [0.5, 0.6) is 0 Å². The third-order valence-electron chi connectivity index (χ3n) is 4.05. The van der Waals surface area contributed by atoms with Crippen molar-refractivity contribution >= 4 is 0 Å². The van der Waals surface area contributed by atoms with E-state index >= 15 is 0 Å². The lowest BCUT2D eigenvalue weighted by Gasteiger charge is -2.26. The monoisotopic (exact) mass is 293 g/mol. The molecule has 1 N–H and O–H groups in total. The molecule has 0 saturated carbocycles. The first-order valence-corrected chi connectivity index (χ1v) is 7.77. The summed E-state index contributed by atoms with van der Waals surface area (Å²) in [6.45, 7) is 15.7. The van der Waals surface area contributed by atoms with E-state index in [4.69, 9.17) is 14.7 Å². The highest BCUT2D eigenvalue weighted by atomic mass is 16.5. The van der Waals surface area contributed by atoms with E-state index in [1.165, 1.54) is 5.56 Å². The van der Waals surface area contributed by atoms with Crippen molar-refractivity contribution in [2.24, 2.45) is 0 Å². The molecule has 1 atom stereocenters. The van der Waals surface area contributed by atoms with Crippen LogP contribution in [0.4, 0.5) is 0 Å². The van der Waals surface area contributed by atoms with Crippen molar-refractivity contribution in [2.75, 3.05) is 13.7 Å². The van der Waals surface area contributed by atoms with Gasteiger partial charge < -0.3 is 10.1 Å². The second kappa shape index (κ2) is 6.84. The number of nitrogens with zero attached hydrogens (tertiary/aromatic N) is 2. The van der Waals surface area contributed by atoms with Crippen LogP contribution in [0, 0.1) is 13.8 Å². The molecule has 1 aromatic rings. The number of ether oxygens (including phenoxy) is 1. The van der Waals surface area contributed by atoms with Crippen LogP contribution in [-0.2, 0) is 16.8 Å². The van der Waals surface area contributed by atoms with Gasteiger partial charge in [-0.25, -0.2) is 9.97 Å². The molecule has 4 nitrogen and oxygen atoms in total. The van der Waals surface area contributed by atoms with Gasteiger partial charge >= 0.3 is 0 Å². The van der Waals surface area contributed by atoms with Crippen LogP contribution in [0.15, 0.2) is 0 Å². The molecule has 1 unspecified atom stereocenters. The van der Waals surface area contributed by atoms with Crippen LogP contribution < -0.4 is 5.32 Å². The zero-order valence-electron chi connectivity index (χ0n) is 14.9. The Labute approximate surface area is 129 Å². The number of methoxy groups -OCH3 is 1. The molecule has 0 saturated heterocycles. The van der Waals surface area contributed by atoms with E-state index in [-0.39, 0.29) is 5.54 Å². The van der Waals surface area contributed by atoms with Gasteiger partial charge in [0.05, 0.1) is 0 Å². The summed E-state index contributed by atoms with van der Waals surface area (Å²) in [5.41, 5.74) is 3.09. The first kappa shape index (κ1) is 18.1. The molecule has 0 aromatic carbocycles. The zero-order valence-corrected chi connectivity index (χ0v) is 14.9. The fourth-order valence-corrected chi connectivity index (χ4v) is 2.29. The minimum absolute atomic E-state index is 0.138. The Bertz CT molecular complexity index is 450. The molecule has 0 amide bonds. The van der Waals surface area contributed by atoms with E-state index in [9.17, 15) is 0 Å². The normalized spacial score (nSPS) is 15.0. The number of aromatic nitrogens is 2. The summed E-state index contributed by atoms with van der Waals surface area (Å²) in [7, 11) is 1.72. The molecule has 1 heterocycles. The van der Waals surface area contributed by atoms with Crippen LogP contribution in [0.1, 0.15) is 63.8 Å². The molecule has 0 aliphatic rings. The second-order valence-corrected chi connectivity index (χ2v) is 6.91. The zero-order chi connectivity index (χ0) is 16.3. The summed E-state index contributed by atoms with van der Waals surface area (Å²) in [5, 5.41) is 3.51. The maximum absolute atomic E-state index is 5.61. The van der Waals surface area contributed by atoms with E-state index in [1.54, 1.807) is 7.11 Å². The fraction of sp³-hybridized carbons (Fsp3) is 0.765. The lowest BCUT2D eigenvalue weighted by molar-refractivity contribution is -0.00928. The lowest BCUT2D eigenvalue weighted by atomic mass is 10.0. The van der Waals surface area contributed by atoms with E-state index < -0.39 is 5.60 Å². The van der Waals surface area contributed by atoms with Crippen molar-refractivity contribution < 1.29 is 4.74 Å². The average Bonchev–Trinajstić information content (AvgIpc) is 2.39. The molecule has 0 spiro atoms. The Kier molecular flexibility index (Phi) is 5.88. The highest BCUT2D eigenvalue weighted by Gasteiger charge is 2.28. The Morgan fingerprint density at radius 1 is 1.05 bits per heavy atom. The van der Waals surface area contributed by atoms with Crippen molar-refractivity contribution in [3.05, 3.63) is 22.8 Å². The predicted octanol–water partition coefficient (Wildman–Crippen LogP) is 3.30. The van der Waals surface area contributed by atoms with Crippen molar-refractivity contribution in [2.45, 2.75) is 72.4 Å². The SMILES string of the molecule is CCC(C)(OC)c1nc(C)c(CCNC(C)(C)C)c(C)n1. The minimum atomic E-state index is -0.405. The molecular weight excluding hydrogens is 262 g/mol. The molecule has 1 aromatic heterocycles. The van der Waals surface area contributed by atoms with Gasteiger partial charge in [0.2, 0.25) is 0 Å². The van der Waals surface area contributed by atoms with Gasteiger partial charge in [-0.3, -0.25) is 0 Å². The fourth-order valence-electron chi connectivity index (χ4n) is 2.29. The molecule has 21 heavy (non-hydrogen) atoms. The third kappa shape index (κ3) is 4.75. The van der Waals surface area contributed by atoms with Crippen molar-refractivity contribution in [1.29, 1.82) is 0 Å². The summed E-state index contributed by atoms with van der Waals surface area (Å²) in [5.74, 6) is 0.787. The predicted molar refractivity (Wildman–Crippen MR) is 87.6 cm³/mol. The molecule has 120 valence electrons. The van der Waals surface area contributed by atoms with E-state index in [1.807, 2.05) is 6.92 Å². The first-order chi connectivity index (χ1) is 9.63. The van der Waals surface area contributed by atoms with Crippen molar-refractivity contribution in [1.82, 2.24) is 15.3 Å². The van der Waals surface area contributed by atoms with Gasteiger partial charge in [-0.1, -0.05) is 6.92 Å².